The highest BCUT2D eigenvalue weighted by molar-refractivity contribution is 5.91. The first kappa shape index (κ1) is 17.5. The molecule has 21 heavy (non-hydrogen) atoms. The van der Waals surface area contributed by atoms with Crippen LogP contribution in [-0.4, -0.2) is 17.2 Å². The van der Waals surface area contributed by atoms with E-state index < -0.39 is 18.1 Å². The molecule has 0 aliphatic carbocycles. The van der Waals surface area contributed by atoms with Gasteiger partial charge < -0.3 is 10.8 Å². The van der Waals surface area contributed by atoms with Gasteiger partial charge in [0.15, 0.2) is 0 Å². The number of nitrogens with two attached hydrogens (primary N) is 1. The van der Waals surface area contributed by atoms with E-state index in [1.807, 2.05) is 0 Å². The van der Waals surface area contributed by atoms with E-state index in [0.717, 1.165) is 12.1 Å². The lowest BCUT2D eigenvalue weighted by molar-refractivity contribution is -0.290. The molecule has 0 fully saturated rings. The number of phenolic OH excluding ortho intramolecular Hbond substituents is 1. The molecular weight excluding hydrogens is 317 g/mol. The fourth-order valence-electron chi connectivity index (χ4n) is 1.95. The van der Waals surface area contributed by atoms with Crippen LogP contribution in [0.1, 0.15) is 11.6 Å². The van der Waals surface area contributed by atoms with Crippen molar-refractivity contribution in [2.24, 2.45) is 5.73 Å². The molecule has 1 atom stereocenters. The van der Waals surface area contributed by atoms with Crippen LogP contribution in [0, 0.1) is 0 Å². The highest BCUT2D eigenvalue weighted by atomic mass is 35.5. The smallest absolute Gasteiger partial charge is 0.455 e. The van der Waals surface area contributed by atoms with Gasteiger partial charge >= 0.3 is 12.1 Å². The Labute approximate surface area is 122 Å². The molecule has 3 N–H and O–H groups in total. The van der Waals surface area contributed by atoms with E-state index in [-0.39, 0.29) is 34.5 Å². The number of hydrogen-bond donors (Lipinski definition) is 2. The molecule has 0 radical (unpaired) electrons. The second-order valence-corrected chi connectivity index (χ2v) is 4.32. The minimum atomic E-state index is -5.74. The SMILES string of the molecule is Cl.N[C@H](c1ccc(O)c2ccccc12)C(F)(F)C(F)(F)F. The number of halogens is 6. The van der Waals surface area contributed by atoms with E-state index in [1.165, 1.54) is 24.3 Å². The van der Waals surface area contributed by atoms with Crippen molar-refractivity contribution in [1.29, 1.82) is 0 Å². The Balaban J connectivity index is 0.00000220. The van der Waals surface area contributed by atoms with E-state index >= 15 is 0 Å². The fourth-order valence-corrected chi connectivity index (χ4v) is 1.95. The first-order chi connectivity index (χ1) is 9.16. The van der Waals surface area contributed by atoms with Gasteiger partial charge in [-0.2, -0.15) is 22.0 Å². The standard InChI is InChI=1S/C13H10F5NO.ClH/c14-12(15,13(16,17)18)11(19)9-5-6-10(20)8-4-2-1-3-7(8)9;/h1-6,11,20H,19H2;1H/t11-;/m1./s1. The summed E-state index contributed by atoms with van der Waals surface area (Å²) in [6, 6.07) is 5.20. The average Bonchev–Trinajstić information content (AvgIpc) is 2.37. The van der Waals surface area contributed by atoms with Gasteiger partial charge in [-0.3, -0.25) is 0 Å². The van der Waals surface area contributed by atoms with Crippen molar-refractivity contribution in [2.45, 2.75) is 18.1 Å². The molecule has 2 aromatic carbocycles. The lowest BCUT2D eigenvalue weighted by Crippen LogP contribution is -2.45. The Morgan fingerprint density at radius 1 is 0.905 bits per heavy atom. The molecule has 2 aromatic rings. The number of benzene rings is 2. The van der Waals surface area contributed by atoms with Crippen molar-refractivity contribution in [3.8, 4) is 5.75 Å². The second-order valence-electron chi connectivity index (χ2n) is 4.32. The summed E-state index contributed by atoms with van der Waals surface area (Å²) in [5, 5.41) is 9.81. The molecule has 116 valence electrons. The summed E-state index contributed by atoms with van der Waals surface area (Å²) in [6.45, 7) is 0. The molecule has 0 heterocycles. The van der Waals surface area contributed by atoms with Crippen LogP contribution >= 0.6 is 12.4 Å². The van der Waals surface area contributed by atoms with Gasteiger partial charge in [-0.15, -0.1) is 12.4 Å². The van der Waals surface area contributed by atoms with Gasteiger partial charge in [0.2, 0.25) is 0 Å². The quantitative estimate of drug-likeness (QED) is 0.813. The third-order valence-electron chi connectivity index (χ3n) is 3.04. The van der Waals surface area contributed by atoms with Gasteiger partial charge in [-0.1, -0.05) is 30.3 Å². The Morgan fingerprint density at radius 3 is 1.95 bits per heavy atom. The molecule has 8 heteroatoms. The molecule has 0 spiro atoms. The zero-order valence-corrected chi connectivity index (χ0v) is 11.2. The number of phenols is 1. The lowest BCUT2D eigenvalue weighted by atomic mass is 9.94. The predicted molar refractivity (Wildman–Crippen MR) is 70.8 cm³/mol. The summed E-state index contributed by atoms with van der Waals surface area (Å²) >= 11 is 0. The summed E-state index contributed by atoms with van der Waals surface area (Å²) in [5.41, 5.74) is 4.75. The molecule has 2 rings (SSSR count). The van der Waals surface area contributed by atoms with Crippen LogP contribution in [0.25, 0.3) is 10.8 Å². The normalized spacial score (nSPS) is 13.8. The molecular formula is C13H11ClF5NO. The lowest BCUT2D eigenvalue weighted by Gasteiger charge is -2.26. The number of rotatable bonds is 2. The highest BCUT2D eigenvalue weighted by Crippen LogP contribution is 2.45. The first-order valence-electron chi connectivity index (χ1n) is 5.57. The maximum Gasteiger partial charge on any atom is 0.455 e. The number of hydrogen-bond acceptors (Lipinski definition) is 2. The number of aromatic hydroxyl groups is 1. The zero-order chi connectivity index (χ0) is 15.1. The zero-order valence-electron chi connectivity index (χ0n) is 10.4. The topological polar surface area (TPSA) is 46.2 Å². The maximum atomic E-state index is 13.3. The summed E-state index contributed by atoms with van der Waals surface area (Å²) in [6.07, 6.45) is -5.74. The molecule has 0 aliphatic heterocycles. The molecule has 0 aliphatic rings. The Bertz CT molecular complexity index is 644. The Morgan fingerprint density at radius 2 is 1.43 bits per heavy atom. The van der Waals surface area contributed by atoms with Crippen molar-refractivity contribution in [3.05, 3.63) is 42.0 Å². The largest absolute Gasteiger partial charge is 0.507 e. The summed E-state index contributed by atoms with van der Waals surface area (Å²) in [5.74, 6) is -5.28. The van der Waals surface area contributed by atoms with Gasteiger partial charge in [0.05, 0.1) is 0 Å². The van der Waals surface area contributed by atoms with Crippen LogP contribution in [0.4, 0.5) is 22.0 Å². The summed E-state index contributed by atoms with van der Waals surface area (Å²) in [7, 11) is 0. The third kappa shape index (κ3) is 2.89. The maximum absolute atomic E-state index is 13.3. The molecule has 0 aromatic heterocycles. The van der Waals surface area contributed by atoms with E-state index in [2.05, 4.69) is 0 Å². The second kappa shape index (κ2) is 5.65. The van der Waals surface area contributed by atoms with Gasteiger partial charge in [0.25, 0.3) is 0 Å². The third-order valence-corrected chi connectivity index (χ3v) is 3.04. The van der Waals surface area contributed by atoms with Gasteiger partial charge in [-0.25, -0.2) is 0 Å². The Kier molecular flexibility index (Phi) is 4.70. The summed E-state index contributed by atoms with van der Waals surface area (Å²) in [4.78, 5) is 0. The molecule has 0 saturated heterocycles. The summed E-state index contributed by atoms with van der Waals surface area (Å²) < 4.78 is 63.8. The molecule has 0 bridgehead atoms. The van der Waals surface area contributed by atoms with E-state index in [1.54, 1.807) is 0 Å². The van der Waals surface area contributed by atoms with Crippen molar-refractivity contribution >= 4 is 23.2 Å². The van der Waals surface area contributed by atoms with E-state index in [0.29, 0.717) is 0 Å². The predicted octanol–water partition coefficient (Wildman–Crippen LogP) is 4.16. The van der Waals surface area contributed by atoms with Crippen LogP contribution in [0.2, 0.25) is 0 Å². The molecule has 0 saturated carbocycles. The first-order valence-corrected chi connectivity index (χ1v) is 5.57. The Hall–Kier alpha value is -1.60. The minimum absolute atomic E-state index is 0. The van der Waals surface area contributed by atoms with Crippen LogP contribution < -0.4 is 5.73 Å². The van der Waals surface area contributed by atoms with Crippen molar-refractivity contribution in [3.63, 3.8) is 0 Å². The monoisotopic (exact) mass is 327 g/mol. The van der Waals surface area contributed by atoms with Gasteiger partial charge in [0, 0.05) is 5.39 Å². The van der Waals surface area contributed by atoms with Crippen molar-refractivity contribution in [2.75, 3.05) is 0 Å². The van der Waals surface area contributed by atoms with Crippen LogP contribution in [-0.2, 0) is 0 Å². The molecule has 0 unspecified atom stereocenters. The fraction of sp³-hybridized carbons (Fsp3) is 0.231. The van der Waals surface area contributed by atoms with Crippen molar-refractivity contribution < 1.29 is 27.1 Å². The van der Waals surface area contributed by atoms with E-state index in [4.69, 9.17) is 5.73 Å². The average molecular weight is 328 g/mol. The van der Waals surface area contributed by atoms with Gasteiger partial charge in [-0.05, 0) is 17.0 Å². The van der Waals surface area contributed by atoms with E-state index in [9.17, 15) is 27.1 Å². The van der Waals surface area contributed by atoms with Crippen LogP contribution in [0.5, 0.6) is 5.75 Å². The number of fused-ring (bicyclic) bond motifs is 1. The number of alkyl halides is 5. The highest BCUT2D eigenvalue weighted by Gasteiger charge is 2.61. The van der Waals surface area contributed by atoms with Crippen LogP contribution in [0.3, 0.4) is 0 Å². The van der Waals surface area contributed by atoms with Crippen molar-refractivity contribution in [1.82, 2.24) is 0 Å². The molecule has 0 amide bonds. The van der Waals surface area contributed by atoms with Crippen LogP contribution in [0.15, 0.2) is 36.4 Å². The van der Waals surface area contributed by atoms with Gasteiger partial charge in [0.1, 0.15) is 11.8 Å². The minimum Gasteiger partial charge on any atom is -0.507 e. The molecule has 2 nitrogen and oxygen atoms in total.